The lowest BCUT2D eigenvalue weighted by atomic mass is 10.1. The van der Waals surface area contributed by atoms with Crippen LogP contribution < -0.4 is 5.32 Å². The van der Waals surface area contributed by atoms with E-state index < -0.39 is 0 Å². The molecule has 8 heteroatoms. The second-order valence-corrected chi connectivity index (χ2v) is 7.08. The molecule has 0 spiro atoms. The van der Waals surface area contributed by atoms with Crippen LogP contribution in [-0.2, 0) is 6.54 Å². The van der Waals surface area contributed by atoms with Crippen LogP contribution in [0.25, 0.3) is 5.69 Å². The van der Waals surface area contributed by atoms with Crippen molar-refractivity contribution in [2.24, 2.45) is 0 Å². The van der Waals surface area contributed by atoms with Crippen LogP contribution in [-0.4, -0.2) is 40.6 Å². The zero-order valence-corrected chi connectivity index (χ0v) is 17.0. The zero-order chi connectivity index (χ0) is 21.1. The Hall–Kier alpha value is -3.19. The molecule has 6 nitrogen and oxygen atoms in total. The van der Waals surface area contributed by atoms with Gasteiger partial charge in [0.1, 0.15) is 11.0 Å². The standard InChI is InChI=1S/C21H20ClFN4O2/c1-13-18(19(22)27(25-13)17-10-8-16(23)9-11-17)20(28)24-12-14-4-6-15(7-5-14)21(29)26(2)3/h4-11H,12H2,1-3H3,(H,24,28). The Morgan fingerprint density at radius 3 is 2.31 bits per heavy atom. The van der Waals surface area contributed by atoms with Gasteiger partial charge in [-0.1, -0.05) is 23.7 Å². The fraction of sp³-hybridized carbons (Fsp3) is 0.190. The number of amides is 2. The molecule has 0 aliphatic heterocycles. The predicted molar refractivity (Wildman–Crippen MR) is 109 cm³/mol. The fourth-order valence-electron chi connectivity index (χ4n) is 2.80. The molecule has 0 radical (unpaired) electrons. The summed E-state index contributed by atoms with van der Waals surface area (Å²) in [5.74, 6) is -0.824. The van der Waals surface area contributed by atoms with Crippen molar-refractivity contribution in [2.45, 2.75) is 13.5 Å². The molecule has 0 unspecified atom stereocenters. The molecule has 1 aromatic heterocycles. The molecule has 0 aliphatic carbocycles. The second kappa shape index (κ2) is 8.45. The van der Waals surface area contributed by atoms with Gasteiger partial charge in [-0.25, -0.2) is 9.07 Å². The molecule has 0 aliphatic rings. The van der Waals surface area contributed by atoms with Gasteiger partial charge < -0.3 is 10.2 Å². The smallest absolute Gasteiger partial charge is 0.256 e. The molecule has 0 atom stereocenters. The molecule has 29 heavy (non-hydrogen) atoms. The maximum atomic E-state index is 13.1. The van der Waals surface area contributed by atoms with Crippen LogP contribution >= 0.6 is 11.6 Å². The van der Waals surface area contributed by atoms with Crippen molar-refractivity contribution in [1.82, 2.24) is 20.0 Å². The van der Waals surface area contributed by atoms with Gasteiger partial charge in [-0.2, -0.15) is 5.10 Å². The monoisotopic (exact) mass is 414 g/mol. The number of benzene rings is 2. The highest BCUT2D eigenvalue weighted by atomic mass is 35.5. The Morgan fingerprint density at radius 2 is 1.72 bits per heavy atom. The highest BCUT2D eigenvalue weighted by Crippen LogP contribution is 2.23. The van der Waals surface area contributed by atoms with E-state index in [0.29, 0.717) is 16.9 Å². The first-order chi connectivity index (χ1) is 13.8. The van der Waals surface area contributed by atoms with Crippen LogP contribution in [0, 0.1) is 12.7 Å². The largest absolute Gasteiger partial charge is 0.348 e. The second-order valence-electron chi connectivity index (χ2n) is 6.72. The lowest BCUT2D eigenvalue weighted by Crippen LogP contribution is -2.24. The zero-order valence-electron chi connectivity index (χ0n) is 16.2. The summed E-state index contributed by atoms with van der Waals surface area (Å²) in [7, 11) is 3.38. The van der Waals surface area contributed by atoms with Gasteiger partial charge >= 0.3 is 0 Å². The Morgan fingerprint density at radius 1 is 1.10 bits per heavy atom. The Balaban J connectivity index is 1.73. The van der Waals surface area contributed by atoms with Gasteiger partial charge in [0, 0.05) is 26.2 Å². The molecular weight excluding hydrogens is 395 g/mol. The van der Waals surface area contributed by atoms with Crippen molar-refractivity contribution < 1.29 is 14.0 Å². The van der Waals surface area contributed by atoms with Crippen molar-refractivity contribution in [1.29, 1.82) is 0 Å². The van der Waals surface area contributed by atoms with Crippen molar-refractivity contribution >= 4 is 23.4 Å². The number of rotatable bonds is 5. The van der Waals surface area contributed by atoms with Crippen molar-refractivity contribution in [3.63, 3.8) is 0 Å². The van der Waals surface area contributed by atoms with Crippen LogP contribution in [0.2, 0.25) is 5.15 Å². The van der Waals surface area contributed by atoms with E-state index in [1.165, 1.54) is 33.8 Å². The van der Waals surface area contributed by atoms with E-state index in [4.69, 9.17) is 11.6 Å². The average molecular weight is 415 g/mol. The third-order valence-electron chi connectivity index (χ3n) is 4.36. The molecule has 1 N–H and O–H groups in total. The molecule has 1 heterocycles. The molecule has 0 bridgehead atoms. The van der Waals surface area contributed by atoms with Crippen LogP contribution in [0.5, 0.6) is 0 Å². The summed E-state index contributed by atoms with van der Waals surface area (Å²) < 4.78 is 14.5. The molecule has 2 aromatic carbocycles. The van der Waals surface area contributed by atoms with Gasteiger partial charge in [0.05, 0.1) is 16.9 Å². The molecule has 2 amide bonds. The van der Waals surface area contributed by atoms with Gasteiger partial charge in [-0.3, -0.25) is 9.59 Å². The van der Waals surface area contributed by atoms with Crippen LogP contribution in [0.15, 0.2) is 48.5 Å². The third-order valence-corrected chi connectivity index (χ3v) is 4.71. The number of halogens is 2. The Labute approximate surface area is 172 Å². The molecule has 3 rings (SSSR count). The molecule has 3 aromatic rings. The van der Waals surface area contributed by atoms with Crippen molar-refractivity contribution in [3.8, 4) is 5.69 Å². The fourth-order valence-corrected chi connectivity index (χ4v) is 3.16. The van der Waals surface area contributed by atoms with E-state index in [0.717, 1.165) is 5.56 Å². The summed E-state index contributed by atoms with van der Waals surface area (Å²) in [6.07, 6.45) is 0. The topological polar surface area (TPSA) is 67.2 Å². The van der Waals surface area contributed by atoms with Crippen LogP contribution in [0.3, 0.4) is 0 Å². The number of carbonyl (C=O) groups excluding carboxylic acids is 2. The molecule has 0 saturated heterocycles. The minimum absolute atomic E-state index is 0.0869. The lowest BCUT2D eigenvalue weighted by molar-refractivity contribution is 0.0827. The molecule has 150 valence electrons. The number of aromatic nitrogens is 2. The summed E-state index contributed by atoms with van der Waals surface area (Å²) in [5, 5.41) is 7.25. The number of nitrogens with one attached hydrogen (secondary N) is 1. The third kappa shape index (κ3) is 4.46. The van der Waals surface area contributed by atoms with Gasteiger partial charge in [-0.15, -0.1) is 0 Å². The van der Waals surface area contributed by atoms with Crippen molar-refractivity contribution in [3.05, 3.63) is 81.9 Å². The van der Waals surface area contributed by atoms with E-state index in [1.807, 2.05) is 0 Å². The predicted octanol–water partition coefficient (Wildman–Crippen LogP) is 3.61. The summed E-state index contributed by atoms with van der Waals surface area (Å²) in [6.45, 7) is 1.95. The summed E-state index contributed by atoms with van der Waals surface area (Å²) in [4.78, 5) is 26.1. The van der Waals surface area contributed by atoms with Gasteiger partial charge in [0.25, 0.3) is 11.8 Å². The number of hydrogen-bond acceptors (Lipinski definition) is 3. The van der Waals surface area contributed by atoms with Crippen molar-refractivity contribution in [2.75, 3.05) is 14.1 Å². The van der Waals surface area contributed by atoms with E-state index in [9.17, 15) is 14.0 Å². The summed E-state index contributed by atoms with van der Waals surface area (Å²) in [5.41, 5.74) is 2.69. The van der Waals surface area contributed by atoms with E-state index in [2.05, 4.69) is 10.4 Å². The first-order valence-electron chi connectivity index (χ1n) is 8.87. The summed E-state index contributed by atoms with van der Waals surface area (Å²) >= 11 is 6.37. The van der Waals surface area contributed by atoms with E-state index >= 15 is 0 Å². The highest BCUT2D eigenvalue weighted by molar-refractivity contribution is 6.33. The molecular formula is C21H20ClFN4O2. The number of nitrogens with zero attached hydrogens (tertiary/aromatic N) is 3. The van der Waals surface area contributed by atoms with E-state index in [-0.39, 0.29) is 34.9 Å². The molecule has 0 saturated carbocycles. The first kappa shape index (κ1) is 20.5. The highest BCUT2D eigenvalue weighted by Gasteiger charge is 2.21. The van der Waals surface area contributed by atoms with Gasteiger partial charge in [-0.05, 0) is 48.9 Å². The van der Waals surface area contributed by atoms with Crippen LogP contribution in [0.4, 0.5) is 4.39 Å². The normalized spacial score (nSPS) is 10.7. The van der Waals surface area contributed by atoms with Crippen LogP contribution in [0.1, 0.15) is 32.0 Å². The minimum Gasteiger partial charge on any atom is -0.348 e. The van der Waals surface area contributed by atoms with Gasteiger partial charge in [0.2, 0.25) is 0 Å². The maximum Gasteiger partial charge on any atom is 0.256 e. The Kier molecular flexibility index (Phi) is 5.98. The number of hydrogen-bond donors (Lipinski definition) is 1. The molecule has 0 fully saturated rings. The minimum atomic E-state index is -0.370. The SMILES string of the molecule is Cc1nn(-c2ccc(F)cc2)c(Cl)c1C(=O)NCc1ccc(C(=O)N(C)C)cc1. The lowest BCUT2D eigenvalue weighted by Gasteiger charge is -2.11. The first-order valence-corrected chi connectivity index (χ1v) is 9.25. The quantitative estimate of drug-likeness (QED) is 0.693. The maximum absolute atomic E-state index is 13.1. The summed E-state index contributed by atoms with van der Waals surface area (Å²) in [6, 6.07) is 12.7. The number of aryl methyl sites for hydroxylation is 1. The number of carbonyl (C=O) groups is 2. The van der Waals surface area contributed by atoms with Gasteiger partial charge in [0.15, 0.2) is 0 Å². The Bertz CT molecular complexity index is 1040. The average Bonchev–Trinajstić information content (AvgIpc) is 3.00. The van der Waals surface area contributed by atoms with E-state index in [1.54, 1.807) is 45.3 Å².